The predicted octanol–water partition coefficient (Wildman–Crippen LogP) is 4.49. The number of esters is 1. The molecule has 0 aliphatic heterocycles. The van der Waals surface area contributed by atoms with E-state index < -0.39 is 28.6 Å². The van der Waals surface area contributed by atoms with Gasteiger partial charge in [0.25, 0.3) is 11.6 Å². The van der Waals surface area contributed by atoms with E-state index in [-0.39, 0.29) is 23.7 Å². The average Bonchev–Trinajstić information content (AvgIpc) is 2.66. The Labute approximate surface area is 182 Å². The van der Waals surface area contributed by atoms with Crippen LogP contribution in [-0.2, 0) is 9.53 Å². The van der Waals surface area contributed by atoms with E-state index in [1.165, 1.54) is 32.2 Å². The number of amides is 1. The molecule has 2 aromatic rings. The van der Waals surface area contributed by atoms with Crippen molar-refractivity contribution in [1.82, 2.24) is 0 Å². The van der Waals surface area contributed by atoms with E-state index in [2.05, 4.69) is 5.32 Å². The fourth-order valence-corrected chi connectivity index (χ4v) is 2.97. The number of hydrogen-bond acceptors (Lipinski definition) is 7. The number of carbonyl (C=O) groups is 2. The average molecular weight is 457 g/mol. The van der Waals surface area contributed by atoms with Crippen LogP contribution in [0.25, 0.3) is 0 Å². The topological polar surface area (TPSA) is 117 Å². The maximum atomic E-state index is 12.5. The molecule has 0 radical (unpaired) electrons. The Balaban J connectivity index is 2.23. The van der Waals surface area contributed by atoms with Gasteiger partial charge < -0.3 is 19.5 Å². The number of nitrogens with zero attached hydrogens (tertiary/aromatic N) is 1. The number of anilines is 1. The number of rotatable bonds is 8. The van der Waals surface area contributed by atoms with Gasteiger partial charge in [-0.15, -0.1) is 0 Å². The lowest BCUT2D eigenvalue weighted by Crippen LogP contribution is -2.30. The fourth-order valence-electron chi connectivity index (χ4n) is 2.44. The van der Waals surface area contributed by atoms with Crippen molar-refractivity contribution < 1.29 is 28.7 Å². The minimum Gasteiger partial charge on any atom is -0.493 e. The molecule has 0 bridgehead atoms. The zero-order chi connectivity index (χ0) is 22.4. The SMILES string of the molecule is CCOc1cc([N+](=O)[O-])c(C(=O)OC(C)C(=O)Nc2cc(Cl)cc(Cl)c2)cc1OC. The van der Waals surface area contributed by atoms with Crippen LogP contribution in [0.2, 0.25) is 10.0 Å². The molecule has 0 aliphatic rings. The van der Waals surface area contributed by atoms with Gasteiger partial charge in [0.15, 0.2) is 17.6 Å². The van der Waals surface area contributed by atoms with Gasteiger partial charge in [0.05, 0.1) is 24.7 Å². The zero-order valence-corrected chi connectivity index (χ0v) is 17.7. The van der Waals surface area contributed by atoms with Gasteiger partial charge in [-0.3, -0.25) is 14.9 Å². The fraction of sp³-hybridized carbons (Fsp3) is 0.263. The van der Waals surface area contributed by atoms with Gasteiger partial charge in [0.2, 0.25) is 0 Å². The summed E-state index contributed by atoms with van der Waals surface area (Å²) >= 11 is 11.8. The van der Waals surface area contributed by atoms with E-state index in [0.29, 0.717) is 15.7 Å². The van der Waals surface area contributed by atoms with Crippen LogP contribution in [-0.4, -0.2) is 36.6 Å². The van der Waals surface area contributed by atoms with Gasteiger partial charge in [0, 0.05) is 21.8 Å². The first-order chi connectivity index (χ1) is 14.2. The maximum absolute atomic E-state index is 12.5. The monoisotopic (exact) mass is 456 g/mol. The standard InChI is InChI=1S/C19H18Cl2N2O7/c1-4-29-17-9-15(23(26)27)14(8-16(17)28-3)19(25)30-10(2)18(24)22-13-6-11(20)5-12(21)7-13/h5-10H,4H2,1-3H3,(H,22,24). The van der Waals surface area contributed by atoms with Crippen LogP contribution in [0, 0.1) is 10.1 Å². The summed E-state index contributed by atoms with van der Waals surface area (Å²) in [6, 6.07) is 6.61. The van der Waals surface area contributed by atoms with Crippen molar-refractivity contribution in [3.05, 3.63) is 56.1 Å². The summed E-state index contributed by atoms with van der Waals surface area (Å²) in [5.41, 5.74) is -0.627. The smallest absolute Gasteiger partial charge is 0.346 e. The van der Waals surface area contributed by atoms with Gasteiger partial charge >= 0.3 is 5.97 Å². The molecule has 0 aromatic heterocycles. The molecule has 0 spiro atoms. The lowest BCUT2D eigenvalue weighted by atomic mass is 10.1. The van der Waals surface area contributed by atoms with Crippen molar-refractivity contribution >= 4 is 46.5 Å². The number of nitrogens with one attached hydrogen (secondary N) is 1. The summed E-state index contributed by atoms with van der Waals surface area (Å²) in [5, 5.41) is 14.5. The summed E-state index contributed by atoms with van der Waals surface area (Å²) in [4.78, 5) is 35.5. The highest BCUT2D eigenvalue weighted by atomic mass is 35.5. The minimum atomic E-state index is -1.27. The quantitative estimate of drug-likeness (QED) is 0.353. The number of ether oxygens (including phenoxy) is 3. The highest BCUT2D eigenvalue weighted by Crippen LogP contribution is 2.35. The summed E-state index contributed by atoms with van der Waals surface area (Å²) < 4.78 is 15.5. The van der Waals surface area contributed by atoms with Crippen LogP contribution in [0.4, 0.5) is 11.4 Å². The van der Waals surface area contributed by atoms with Crippen molar-refractivity contribution in [3.63, 3.8) is 0 Å². The lowest BCUT2D eigenvalue weighted by molar-refractivity contribution is -0.385. The van der Waals surface area contributed by atoms with Crippen LogP contribution in [0.1, 0.15) is 24.2 Å². The maximum Gasteiger partial charge on any atom is 0.346 e. The Morgan fingerprint density at radius 3 is 2.30 bits per heavy atom. The second-order valence-corrected chi connectivity index (χ2v) is 6.78. The third-order valence-electron chi connectivity index (χ3n) is 3.78. The first-order valence-corrected chi connectivity index (χ1v) is 9.39. The molecule has 11 heteroatoms. The number of nitro benzene ring substituents is 1. The molecule has 30 heavy (non-hydrogen) atoms. The molecule has 0 saturated carbocycles. The third kappa shape index (κ3) is 5.74. The molecular formula is C19H18Cl2N2O7. The molecule has 2 aromatic carbocycles. The minimum absolute atomic E-state index is 0.104. The molecule has 1 N–H and O–H groups in total. The second-order valence-electron chi connectivity index (χ2n) is 5.91. The number of benzene rings is 2. The van der Waals surface area contributed by atoms with Crippen molar-refractivity contribution in [2.45, 2.75) is 20.0 Å². The summed E-state index contributed by atoms with van der Waals surface area (Å²) in [5.74, 6) is -1.54. The molecule has 160 valence electrons. The van der Waals surface area contributed by atoms with Crippen molar-refractivity contribution in [1.29, 1.82) is 0 Å². The van der Waals surface area contributed by atoms with E-state index >= 15 is 0 Å². The predicted molar refractivity (Wildman–Crippen MR) is 111 cm³/mol. The summed E-state index contributed by atoms with van der Waals surface area (Å²) in [7, 11) is 1.32. The van der Waals surface area contributed by atoms with Crippen LogP contribution in [0.15, 0.2) is 30.3 Å². The van der Waals surface area contributed by atoms with Crippen molar-refractivity contribution in [3.8, 4) is 11.5 Å². The summed E-state index contributed by atoms with van der Waals surface area (Å²) in [6.07, 6.45) is -1.27. The van der Waals surface area contributed by atoms with E-state index in [1.807, 2.05) is 0 Å². The Morgan fingerprint density at radius 2 is 1.77 bits per heavy atom. The number of carbonyl (C=O) groups excluding carboxylic acids is 2. The second kappa shape index (κ2) is 10.1. The Morgan fingerprint density at radius 1 is 1.13 bits per heavy atom. The number of nitro groups is 1. The molecule has 2 rings (SSSR count). The first-order valence-electron chi connectivity index (χ1n) is 8.63. The normalized spacial score (nSPS) is 11.4. The van der Waals surface area contributed by atoms with Crippen LogP contribution < -0.4 is 14.8 Å². The Hall–Kier alpha value is -3.04. The molecule has 0 aliphatic carbocycles. The molecule has 9 nitrogen and oxygen atoms in total. The highest BCUT2D eigenvalue weighted by molar-refractivity contribution is 6.35. The zero-order valence-electron chi connectivity index (χ0n) is 16.2. The summed E-state index contributed by atoms with van der Waals surface area (Å²) in [6.45, 7) is 3.25. The number of hydrogen-bond donors (Lipinski definition) is 1. The lowest BCUT2D eigenvalue weighted by Gasteiger charge is -2.15. The molecule has 1 atom stereocenters. The van der Waals surface area contributed by atoms with Crippen molar-refractivity contribution in [2.75, 3.05) is 19.0 Å². The number of halogens is 2. The van der Waals surface area contributed by atoms with Gasteiger partial charge in [-0.25, -0.2) is 4.79 Å². The largest absolute Gasteiger partial charge is 0.493 e. The van der Waals surface area contributed by atoms with E-state index in [1.54, 1.807) is 6.92 Å². The Kier molecular flexibility index (Phi) is 7.85. The van der Waals surface area contributed by atoms with Gasteiger partial charge in [0.1, 0.15) is 5.56 Å². The van der Waals surface area contributed by atoms with E-state index in [9.17, 15) is 19.7 Å². The van der Waals surface area contributed by atoms with Gasteiger partial charge in [-0.05, 0) is 32.0 Å². The molecule has 0 heterocycles. The van der Waals surface area contributed by atoms with Gasteiger partial charge in [-0.2, -0.15) is 0 Å². The van der Waals surface area contributed by atoms with Gasteiger partial charge in [-0.1, -0.05) is 23.2 Å². The first kappa shape index (κ1) is 23.2. The Bertz CT molecular complexity index is 961. The molecule has 1 unspecified atom stereocenters. The third-order valence-corrected chi connectivity index (χ3v) is 4.22. The van der Waals surface area contributed by atoms with E-state index in [4.69, 9.17) is 37.4 Å². The molecule has 0 saturated heterocycles. The van der Waals surface area contributed by atoms with Crippen LogP contribution in [0.3, 0.4) is 0 Å². The molecular weight excluding hydrogens is 439 g/mol. The highest BCUT2D eigenvalue weighted by Gasteiger charge is 2.28. The number of methoxy groups -OCH3 is 1. The van der Waals surface area contributed by atoms with Crippen LogP contribution in [0.5, 0.6) is 11.5 Å². The van der Waals surface area contributed by atoms with E-state index in [0.717, 1.165) is 12.1 Å². The molecule has 0 fully saturated rings. The molecule has 1 amide bonds. The van der Waals surface area contributed by atoms with Crippen molar-refractivity contribution in [2.24, 2.45) is 0 Å². The van der Waals surface area contributed by atoms with Crippen LogP contribution >= 0.6 is 23.2 Å².